The van der Waals surface area contributed by atoms with Gasteiger partial charge in [0.2, 0.25) is 0 Å². The van der Waals surface area contributed by atoms with Gasteiger partial charge in [-0.2, -0.15) is 0 Å². The van der Waals surface area contributed by atoms with Gasteiger partial charge in [0.05, 0.1) is 6.10 Å². The normalized spacial score (nSPS) is 56.5. The first-order valence-electron chi connectivity index (χ1n) is 13.8. The van der Waals surface area contributed by atoms with E-state index >= 15 is 0 Å². The summed E-state index contributed by atoms with van der Waals surface area (Å²) in [6, 6.07) is 0. The second-order valence-corrected chi connectivity index (χ2v) is 14.6. The summed E-state index contributed by atoms with van der Waals surface area (Å²) >= 11 is 0. The number of fused-ring (bicyclic) bond motifs is 7. The summed E-state index contributed by atoms with van der Waals surface area (Å²) in [5.41, 5.74) is 2.60. The van der Waals surface area contributed by atoms with Crippen molar-refractivity contribution in [3.8, 4) is 0 Å². The van der Waals surface area contributed by atoms with Crippen LogP contribution < -0.4 is 0 Å². The molecule has 0 saturated heterocycles. The zero-order valence-electron chi connectivity index (χ0n) is 21.8. The van der Waals surface area contributed by atoms with Crippen molar-refractivity contribution in [1.29, 1.82) is 0 Å². The molecule has 5 fully saturated rings. The van der Waals surface area contributed by atoms with E-state index in [1.807, 2.05) is 0 Å². The van der Waals surface area contributed by atoms with Crippen molar-refractivity contribution in [3.63, 3.8) is 0 Å². The molecule has 0 bridgehead atoms. The minimum absolute atomic E-state index is 0.0290. The highest BCUT2D eigenvalue weighted by Gasteiger charge is 2.70. The SMILES string of the molecule is C=C(C)C1CCC2(CO)CC[C@]3(C)[C@H](CC[C@@H]4[C@@]5(C)CC[C@H](O)C(C)(C)[C@@H]5CC[C@]43C)C12. The molecular weight excluding hydrogens is 392 g/mol. The van der Waals surface area contributed by atoms with Crippen LogP contribution in [0.25, 0.3) is 0 Å². The van der Waals surface area contributed by atoms with Crippen molar-refractivity contribution < 1.29 is 10.2 Å². The van der Waals surface area contributed by atoms with Crippen LogP contribution >= 0.6 is 0 Å². The van der Waals surface area contributed by atoms with Crippen LogP contribution in [0.3, 0.4) is 0 Å². The Morgan fingerprint density at radius 2 is 1.53 bits per heavy atom. The molecule has 182 valence electrons. The molecule has 0 aliphatic heterocycles. The smallest absolute Gasteiger partial charge is 0.0594 e. The highest BCUT2D eigenvalue weighted by Crippen LogP contribution is 2.77. The molecule has 0 aromatic carbocycles. The Balaban J connectivity index is 1.55. The lowest BCUT2D eigenvalue weighted by molar-refractivity contribution is -0.249. The Hall–Kier alpha value is -0.340. The lowest BCUT2D eigenvalue weighted by Gasteiger charge is -2.73. The van der Waals surface area contributed by atoms with E-state index in [1.165, 1.54) is 63.4 Å². The third-order valence-corrected chi connectivity index (χ3v) is 13.5. The monoisotopic (exact) mass is 442 g/mol. The van der Waals surface area contributed by atoms with Gasteiger partial charge in [-0.1, -0.05) is 46.8 Å². The van der Waals surface area contributed by atoms with Gasteiger partial charge >= 0.3 is 0 Å². The van der Waals surface area contributed by atoms with Gasteiger partial charge in [-0.25, -0.2) is 0 Å². The maximum Gasteiger partial charge on any atom is 0.0594 e. The molecular formula is C30H50O2. The van der Waals surface area contributed by atoms with E-state index < -0.39 is 0 Å². The van der Waals surface area contributed by atoms with Crippen LogP contribution in [0.15, 0.2) is 12.2 Å². The van der Waals surface area contributed by atoms with Gasteiger partial charge in [0.1, 0.15) is 0 Å². The molecule has 5 rings (SSSR count). The number of aliphatic hydroxyl groups excluding tert-OH is 2. The summed E-state index contributed by atoms with van der Waals surface area (Å²) < 4.78 is 0. The molecule has 0 radical (unpaired) electrons. The predicted molar refractivity (Wildman–Crippen MR) is 132 cm³/mol. The number of allylic oxidation sites excluding steroid dienone is 1. The maximum absolute atomic E-state index is 10.9. The molecule has 5 aliphatic rings. The van der Waals surface area contributed by atoms with Gasteiger partial charge < -0.3 is 10.2 Å². The van der Waals surface area contributed by atoms with Gasteiger partial charge in [-0.3, -0.25) is 0 Å². The molecule has 0 aromatic heterocycles. The molecule has 0 aromatic rings. The van der Waals surface area contributed by atoms with Gasteiger partial charge in [-0.05, 0) is 128 Å². The second kappa shape index (κ2) is 7.09. The van der Waals surface area contributed by atoms with Crippen molar-refractivity contribution in [2.75, 3.05) is 6.61 Å². The average molecular weight is 443 g/mol. The summed E-state index contributed by atoms with van der Waals surface area (Å²) in [4.78, 5) is 0. The maximum atomic E-state index is 10.9. The van der Waals surface area contributed by atoms with Crippen LogP contribution in [-0.4, -0.2) is 22.9 Å². The quantitative estimate of drug-likeness (QED) is 0.452. The molecule has 2 nitrogen and oxygen atoms in total. The van der Waals surface area contributed by atoms with Gasteiger partial charge in [0.15, 0.2) is 0 Å². The van der Waals surface area contributed by atoms with Crippen molar-refractivity contribution in [1.82, 2.24) is 0 Å². The molecule has 2 heteroatoms. The van der Waals surface area contributed by atoms with Crippen LogP contribution in [-0.2, 0) is 0 Å². The van der Waals surface area contributed by atoms with Crippen molar-refractivity contribution in [2.45, 2.75) is 112 Å². The van der Waals surface area contributed by atoms with E-state index in [9.17, 15) is 10.2 Å². The number of aliphatic hydroxyl groups is 2. The summed E-state index contributed by atoms with van der Waals surface area (Å²) in [6.07, 6.45) is 12.2. The molecule has 5 saturated carbocycles. The van der Waals surface area contributed by atoms with Crippen LogP contribution in [0.2, 0.25) is 0 Å². The van der Waals surface area contributed by atoms with Crippen LogP contribution in [0.4, 0.5) is 0 Å². The van der Waals surface area contributed by atoms with E-state index in [1.54, 1.807) is 0 Å². The number of rotatable bonds is 2. The summed E-state index contributed by atoms with van der Waals surface area (Å²) in [5, 5.41) is 21.5. The molecule has 0 amide bonds. The highest BCUT2D eigenvalue weighted by molar-refractivity contribution is 5.21. The lowest BCUT2D eigenvalue weighted by Crippen LogP contribution is -2.66. The molecule has 0 spiro atoms. The molecule has 0 heterocycles. The molecule has 32 heavy (non-hydrogen) atoms. The van der Waals surface area contributed by atoms with Crippen molar-refractivity contribution >= 4 is 0 Å². The standard InChI is InChI=1S/C30H50O2/c1-19(2)20-10-15-30(18-31)17-16-28(6)21(25(20)30)8-9-23-27(5)13-12-24(32)26(3,4)22(27)11-14-29(23,28)7/h20-25,31-32H,1,8-18H2,2-7H3/t20?,21-,22+,23-,24+,25?,27+,28-,29-,30?/m1/s1. The minimum atomic E-state index is -0.147. The van der Waals surface area contributed by atoms with Gasteiger partial charge in [-0.15, -0.1) is 0 Å². The van der Waals surface area contributed by atoms with Gasteiger partial charge in [0.25, 0.3) is 0 Å². The topological polar surface area (TPSA) is 40.5 Å². The second-order valence-electron chi connectivity index (χ2n) is 14.6. The summed E-state index contributed by atoms with van der Waals surface area (Å²) in [5.74, 6) is 3.33. The molecule has 10 atom stereocenters. The number of hydrogen-bond acceptors (Lipinski definition) is 2. The summed E-state index contributed by atoms with van der Waals surface area (Å²) in [7, 11) is 0. The fraction of sp³-hybridized carbons (Fsp3) is 0.933. The van der Waals surface area contributed by atoms with E-state index in [2.05, 4.69) is 48.1 Å². The third-order valence-electron chi connectivity index (χ3n) is 13.5. The Labute approximate surface area is 197 Å². The molecule has 3 unspecified atom stereocenters. The molecule has 2 N–H and O–H groups in total. The van der Waals surface area contributed by atoms with Crippen molar-refractivity contribution in [2.24, 2.45) is 56.7 Å². The van der Waals surface area contributed by atoms with Crippen LogP contribution in [0, 0.1) is 56.7 Å². The summed E-state index contributed by atoms with van der Waals surface area (Å²) in [6.45, 7) is 19.7. The van der Waals surface area contributed by atoms with E-state index in [0.717, 1.165) is 18.3 Å². The fourth-order valence-corrected chi connectivity index (χ4v) is 11.5. The molecule has 5 aliphatic carbocycles. The Morgan fingerprint density at radius 1 is 0.812 bits per heavy atom. The average Bonchev–Trinajstić information content (AvgIpc) is 3.12. The third kappa shape index (κ3) is 2.66. The first-order chi connectivity index (χ1) is 14.9. The van der Waals surface area contributed by atoms with Crippen LogP contribution in [0.1, 0.15) is 106 Å². The van der Waals surface area contributed by atoms with E-state index in [0.29, 0.717) is 40.6 Å². The Bertz CT molecular complexity index is 786. The van der Waals surface area contributed by atoms with Gasteiger partial charge in [0, 0.05) is 6.61 Å². The van der Waals surface area contributed by atoms with E-state index in [4.69, 9.17) is 0 Å². The zero-order valence-corrected chi connectivity index (χ0v) is 21.8. The lowest BCUT2D eigenvalue weighted by atomic mass is 9.32. The Morgan fingerprint density at radius 3 is 2.19 bits per heavy atom. The first kappa shape index (κ1) is 23.4. The van der Waals surface area contributed by atoms with Crippen LogP contribution in [0.5, 0.6) is 0 Å². The Kier molecular flexibility index (Phi) is 5.19. The fourth-order valence-electron chi connectivity index (χ4n) is 11.5. The predicted octanol–water partition coefficient (Wildman–Crippen LogP) is 7.00. The zero-order chi connectivity index (χ0) is 23.3. The first-order valence-corrected chi connectivity index (χ1v) is 13.8. The minimum Gasteiger partial charge on any atom is -0.396 e. The van der Waals surface area contributed by atoms with E-state index in [-0.39, 0.29) is 16.9 Å². The van der Waals surface area contributed by atoms with Crippen molar-refractivity contribution in [3.05, 3.63) is 12.2 Å². The largest absolute Gasteiger partial charge is 0.396 e. The number of hydrogen-bond donors (Lipinski definition) is 2. The highest BCUT2D eigenvalue weighted by atomic mass is 16.3.